The molecular formula is C19H19FN2O. The number of anilines is 1. The van der Waals surface area contributed by atoms with Crippen LogP contribution in [0.2, 0.25) is 0 Å². The van der Waals surface area contributed by atoms with Crippen molar-refractivity contribution in [2.75, 3.05) is 11.4 Å². The Kier molecular flexibility index (Phi) is 4.47. The monoisotopic (exact) mass is 310 g/mol. The van der Waals surface area contributed by atoms with Crippen LogP contribution in [-0.2, 0) is 0 Å². The van der Waals surface area contributed by atoms with E-state index in [0.717, 1.165) is 30.6 Å². The third-order valence-electron chi connectivity index (χ3n) is 4.26. The Bertz CT molecular complexity index is 738. The van der Waals surface area contributed by atoms with Crippen molar-refractivity contribution < 1.29 is 9.13 Å². The maximum atomic E-state index is 14.4. The maximum Gasteiger partial charge on any atom is 0.167 e. The summed E-state index contributed by atoms with van der Waals surface area (Å²) < 4.78 is 20.1. The predicted molar refractivity (Wildman–Crippen MR) is 88.3 cm³/mol. The number of nitrogens with zero attached hydrogens (tertiary/aromatic N) is 2. The third-order valence-corrected chi connectivity index (χ3v) is 4.26. The minimum absolute atomic E-state index is 0.183. The minimum Gasteiger partial charge on any atom is -0.454 e. The topological polar surface area (TPSA) is 36.3 Å². The second kappa shape index (κ2) is 6.70. The van der Waals surface area contributed by atoms with E-state index < -0.39 is 0 Å². The van der Waals surface area contributed by atoms with Crippen LogP contribution in [0.5, 0.6) is 11.5 Å². The van der Waals surface area contributed by atoms with Crippen molar-refractivity contribution in [2.24, 2.45) is 0 Å². The molecule has 3 rings (SSSR count). The Morgan fingerprint density at radius 3 is 2.83 bits per heavy atom. The zero-order valence-corrected chi connectivity index (χ0v) is 13.1. The van der Waals surface area contributed by atoms with E-state index in [1.165, 1.54) is 6.07 Å². The molecule has 1 aliphatic heterocycles. The normalized spacial score (nSPS) is 17.1. The zero-order valence-electron chi connectivity index (χ0n) is 13.1. The van der Waals surface area contributed by atoms with Gasteiger partial charge in [0.15, 0.2) is 11.6 Å². The highest BCUT2D eigenvalue weighted by atomic mass is 19.1. The first-order valence-corrected chi connectivity index (χ1v) is 7.85. The third kappa shape index (κ3) is 3.29. The highest BCUT2D eigenvalue weighted by Gasteiger charge is 2.25. The second-order valence-corrected chi connectivity index (χ2v) is 5.83. The van der Waals surface area contributed by atoms with Gasteiger partial charge in [-0.25, -0.2) is 4.39 Å². The van der Waals surface area contributed by atoms with Crippen LogP contribution in [0.1, 0.15) is 24.8 Å². The first-order valence-electron chi connectivity index (χ1n) is 7.85. The Labute approximate surface area is 135 Å². The van der Waals surface area contributed by atoms with Gasteiger partial charge in [0, 0.05) is 24.3 Å². The summed E-state index contributed by atoms with van der Waals surface area (Å²) in [6, 6.07) is 15.0. The van der Waals surface area contributed by atoms with Gasteiger partial charge in [0.2, 0.25) is 0 Å². The maximum absolute atomic E-state index is 14.4. The highest BCUT2D eigenvalue weighted by molar-refractivity contribution is 5.52. The molecule has 2 aromatic rings. The van der Waals surface area contributed by atoms with Crippen LogP contribution in [0.15, 0.2) is 42.5 Å². The van der Waals surface area contributed by atoms with Crippen molar-refractivity contribution in [1.82, 2.24) is 0 Å². The van der Waals surface area contributed by atoms with Gasteiger partial charge >= 0.3 is 0 Å². The summed E-state index contributed by atoms with van der Waals surface area (Å²) in [5.41, 5.74) is 1.78. The fourth-order valence-electron chi connectivity index (χ4n) is 3.03. The number of rotatable bonds is 4. The molecule has 3 nitrogen and oxygen atoms in total. The number of para-hydroxylation sites is 1. The van der Waals surface area contributed by atoms with Crippen molar-refractivity contribution >= 4 is 5.69 Å². The zero-order chi connectivity index (χ0) is 16.2. The molecule has 2 aromatic carbocycles. The van der Waals surface area contributed by atoms with Crippen LogP contribution in [0.4, 0.5) is 10.1 Å². The van der Waals surface area contributed by atoms with Gasteiger partial charge in [-0.3, -0.25) is 0 Å². The summed E-state index contributed by atoms with van der Waals surface area (Å²) in [6.45, 7) is 2.79. The van der Waals surface area contributed by atoms with E-state index in [2.05, 4.69) is 11.0 Å². The number of benzene rings is 2. The summed E-state index contributed by atoms with van der Waals surface area (Å²) in [6.07, 6.45) is 2.50. The minimum atomic E-state index is -0.381. The molecule has 23 heavy (non-hydrogen) atoms. The first kappa shape index (κ1) is 15.4. The van der Waals surface area contributed by atoms with Crippen LogP contribution in [-0.4, -0.2) is 12.6 Å². The summed E-state index contributed by atoms with van der Waals surface area (Å²) in [7, 11) is 0. The Balaban J connectivity index is 1.81. The lowest BCUT2D eigenvalue weighted by molar-refractivity contribution is 0.439. The van der Waals surface area contributed by atoms with Crippen molar-refractivity contribution in [3.8, 4) is 17.6 Å². The van der Waals surface area contributed by atoms with Gasteiger partial charge < -0.3 is 9.64 Å². The van der Waals surface area contributed by atoms with Crippen LogP contribution >= 0.6 is 0 Å². The average molecular weight is 310 g/mol. The Morgan fingerprint density at radius 2 is 2.09 bits per heavy atom. The van der Waals surface area contributed by atoms with Crippen LogP contribution in [0.3, 0.4) is 0 Å². The molecule has 1 heterocycles. The largest absolute Gasteiger partial charge is 0.454 e. The van der Waals surface area contributed by atoms with Crippen LogP contribution < -0.4 is 9.64 Å². The molecule has 0 aromatic heterocycles. The van der Waals surface area contributed by atoms with E-state index in [1.54, 1.807) is 6.07 Å². The first-order chi connectivity index (χ1) is 11.2. The Morgan fingerprint density at radius 1 is 1.26 bits per heavy atom. The van der Waals surface area contributed by atoms with Gasteiger partial charge in [0.25, 0.3) is 0 Å². The number of aryl methyl sites for hydroxylation is 1. The van der Waals surface area contributed by atoms with E-state index in [-0.39, 0.29) is 17.6 Å². The van der Waals surface area contributed by atoms with E-state index in [9.17, 15) is 4.39 Å². The molecule has 0 spiro atoms. The van der Waals surface area contributed by atoms with Crippen molar-refractivity contribution in [2.45, 2.75) is 32.2 Å². The quantitative estimate of drug-likeness (QED) is 0.813. The molecule has 1 aliphatic rings. The smallest absolute Gasteiger partial charge is 0.167 e. The standard InChI is InChI=1S/C19H19FN2O/c1-14-5-2-3-7-18(14)23-19-9-8-16(13-17(19)20)22-12-4-6-15(22)10-11-21/h2-3,5,7-9,13,15H,4,6,10,12H2,1H3. The number of hydrogen-bond donors (Lipinski definition) is 0. The van der Waals surface area contributed by atoms with Gasteiger partial charge in [-0.2, -0.15) is 5.26 Å². The van der Waals surface area contributed by atoms with E-state index in [1.807, 2.05) is 37.3 Å². The lowest BCUT2D eigenvalue weighted by atomic mass is 10.1. The number of ether oxygens (including phenoxy) is 1. The molecule has 1 unspecified atom stereocenters. The van der Waals surface area contributed by atoms with Crippen molar-refractivity contribution in [1.29, 1.82) is 5.26 Å². The van der Waals surface area contributed by atoms with Gasteiger partial charge in [-0.15, -0.1) is 0 Å². The summed E-state index contributed by atoms with van der Waals surface area (Å²) in [5.74, 6) is 0.495. The number of halogens is 1. The summed E-state index contributed by atoms with van der Waals surface area (Å²) in [5, 5.41) is 8.91. The number of nitriles is 1. The molecule has 0 N–H and O–H groups in total. The predicted octanol–water partition coefficient (Wildman–Crippen LogP) is 4.81. The molecule has 0 amide bonds. The molecular weight excluding hydrogens is 291 g/mol. The van der Waals surface area contributed by atoms with Gasteiger partial charge in [0.05, 0.1) is 12.5 Å². The SMILES string of the molecule is Cc1ccccc1Oc1ccc(N2CCCC2CC#N)cc1F. The van der Waals surface area contributed by atoms with Gasteiger partial charge in [-0.05, 0) is 43.5 Å². The molecule has 1 fully saturated rings. The molecule has 0 aliphatic carbocycles. The second-order valence-electron chi connectivity index (χ2n) is 5.83. The fraction of sp³-hybridized carbons (Fsp3) is 0.316. The summed E-state index contributed by atoms with van der Waals surface area (Å²) in [4.78, 5) is 2.11. The van der Waals surface area contributed by atoms with Gasteiger partial charge in [0.1, 0.15) is 5.75 Å². The molecule has 1 saturated heterocycles. The Hall–Kier alpha value is -2.54. The molecule has 4 heteroatoms. The number of hydrogen-bond acceptors (Lipinski definition) is 3. The van der Waals surface area contributed by atoms with Crippen molar-refractivity contribution in [3.05, 3.63) is 53.8 Å². The fourth-order valence-corrected chi connectivity index (χ4v) is 3.03. The highest BCUT2D eigenvalue weighted by Crippen LogP contribution is 2.33. The molecule has 0 saturated carbocycles. The lowest BCUT2D eigenvalue weighted by Crippen LogP contribution is -2.28. The van der Waals surface area contributed by atoms with E-state index in [4.69, 9.17) is 10.00 Å². The van der Waals surface area contributed by atoms with Crippen LogP contribution in [0.25, 0.3) is 0 Å². The molecule has 118 valence electrons. The summed E-state index contributed by atoms with van der Waals surface area (Å²) >= 11 is 0. The molecule has 0 bridgehead atoms. The van der Waals surface area contributed by atoms with E-state index in [0.29, 0.717) is 12.2 Å². The molecule has 1 atom stereocenters. The average Bonchev–Trinajstić information content (AvgIpc) is 3.00. The van der Waals surface area contributed by atoms with Crippen LogP contribution in [0, 0.1) is 24.1 Å². The lowest BCUT2D eigenvalue weighted by Gasteiger charge is -2.25. The molecule has 0 radical (unpaired) electrons. The van der Waals surface area contributed by atoms with Gasteiger partial charge in [-0.1, -0.05) is 18.2 Å². The van der Waals surface area contributed by atoms with Crippen molar-refractivity contribution in [3.63, 3.8) is 0 Å². The van der Waals surface area contributed by atoms with E-state index >= 15 is 0 Å².